The minimum atomic E-state index is -0.366. The number of nitrogens with two attached hydrogens (primary N) is 1. The van der Waals surface area contributed by atoms with Crippen LogP contribution in [0.5, 0.6) is 0 Å². The highest BCUT2D eigenvalue weighted by Crippen LogP contribution is 2.35. The first-order valence-electron chi connectivity index (χ1n) is 12.1. The van der Waals surface area contributed by atoms with Crippen LogP contribution in [0.2, 0.25) is 0 Å². The van der Waals surface area contributed by atoms with Crippen molar-refractivity contribution < 1.29 is 14.3 Å². The van der Waals surface area contributed by atoms with E-state index in [0.717, 1.165) is 54.0 Å². The summed E-state index contributed by atoms with van der Waals surface area (Å²) in [6, 6.07) is 19.9. The summed E-state index contributed by atoms with van der Waals surface area (Å²) in [4.78, 5) is 16.8. The average molecular weight is 474 g/mol. The number of aromatic nitrogens is 2. The Balaban J connectivity index is 1.23. The van der Waals surface area contributed by atoms with Gasteiger partial charge in [0.1, 0.15) is 6.61 Å². The van der Waals surface area contributed by atoms with Gasteiger partial charge in [-0.2, -0.15) is 0 Å². The third kappa shape index (κ3) is 5.07. The Morgan fingerprint density at radius 1 is 1.06 bits per heavy atom. The first kappa shape index (κ1) is 23.1. The van der Waals surface area contributed by atoms with Crippen molar-refractivity contribution >= 4 is 17.6 Å². The molecule has 0 bridgehead atoms. The van der Waals surface area contributed by atoms with Crippen LogP contribution in [0.1, 0.15) is 24.0 Å². The van der Waals surface area contributed by atoms with Crippen LogP contribution in [0.15, 0.2) is 60.7 Å². The molecule has 0 saturated carbocycles. The predicted octanol–water partition coefficient (Wildman–Crippen LogP) is 4.04. The number of amides is 1. The van der Waals surface area contributed by atoms with Gasteiger partial charge in [0, 0.05) is 25.2 Å². The lowest BCUT2D eigenvalue weighted by Crippen LogP contribution is -2.58. The zero-order valence-corrected chi connectivity index (χ0v) is 20.0. The zero-order valence-electron chi connectivity index (χ0n) is 20.0. The summed E-state index contributed by atoms with van der Waals surface area (Å²) >= 11 is 0. The van der Waals surface area contributed by atoms with Crippen LogP contribution < -0.4 is 10.6 Å². The molecule has 35 heavy (non-hydrogen) atoms. The van der Waals surface area contributed by atoms with Gasteiger partial charge in [-0.15, -0.1) is 10.2 Å². The standard InChI is InChI=1S/C27H31N5O3/c1-20-7-5-6-10-22(20)23-17-24(25(28)30-29-23)31-13-11-27(12-14-31)19-32(15-16-35-27)26(33)34-18-21-8-3-2-4-9-21/h2-10,17H,11-16,18-19H2,1H3,(H2,28,30). The molecule has 0 aliphatic carbocycles. The normalized spacial score (nSPS) is 17.4. The van der Waals surface area contributed by atoms with E-state index >= 15 is 0 Å². The van der Waals surface area contributed by atoms with E-state index in [2.05, 4.69) is 28.1 Å². The van der Waals surface area contributed by atoms with Crippen molar-refractivity contribution in [2.45, 2.75) is 32.0 Å². The first-order valence-corrected chi connectivity index (χ1v) is 12.1. The van der Waals surface area contributed by atoms with Crippen molar-refractivity contribution in [3.63, 3.8) is 0 Å². The number of benzene rings is 2. The second kappa shape index (κ2) is 9.92. The number of hydrogen-bond acceptors (Lipinski definition) is 7. The van der Waals surface area contributed by atoms with Gasteiger partial charge in [-0.05, 0) is 37.0 Å². The molecule has 8 heteroatoms. The molecule has 2 aromatic carbocycles. The maximum Gasteiger partial charge on any atom is 0.410 e. The van der Waals surface area contributed by atoms with Gasteiger partial charge in [0.05, 0.1) is 30.1 Å². The second-order valence-electron chi connectivity index (χ2n) is 9.30. The molecule has 0 atom stereocenters. The van der Waals surface area contributed by atoms with E-state index in [9.17, 15) is 4.79 Å². The van der Waals surface area contributed by atoms with Crippen LogP contribution in [-0.2, 0) is 16.1 Å². The summed E-state index contributed by atoms with van der Waals surface area (Å²) in [5, 5.41) is 8.57. The molecule has 2 aliphatic rings. The first-order chi connectivity index (χ1) is 17.0. The Morgan fingerprint density at radius 3 is 2.57 bits per heavy atom. The number of anilines is 2. The molecule has 3 aromatic rings. The maximum atomic E-state index is 12.7. The van der Waals surface area contributed by atoms with Gasteiger partial charge in [0.15, 0.2) is 5.82 Å². The van der Waals surface area contributed by atoms with Crippen LogP contribution in [0, 0.1) is 6.92 Å². The Hall–Kier alpha value is -3.65. The molecule has 1 aromatic heterocycles. The van der Waals surface area contributed by atoms with Crippen molar-refractivity contribution in [3.05, 3.63) is 71.8 Å². The maximum absolute atomic E-state index is 12.7. The molecule has 182 valence electrons. The van der Waals surface area contributed by atoms with Gasteiger partial charge < -0.3 is 25.0 Å². The van der Waals surface area contributed by atoms with E-state index in [-0.39, 0.29) is 18.3 Å². The highest BCUT2D eigenvalue weighted by atomic mass is 16.6. The number of nitrogen functional groups attached to an aromatic ring is 1. The lowest BCUT2D eigenvalue weighted by molar-refractivity contribution is -0.115. The number of hydrogen-bond donors (Lipinski definition) is 1. The Bertz CT molecular complexity index is 1180. The van der Waals surface area contributed by atoms with E-state index < -0.39 is 0 Å². The second-order valence-corrected chi connectivity index (χ2v) is 9.30. The highest BCUT2D eigenvalue weighted by Gasteiger charge is 2.41. The van der Waals surface area contributed by atoms with E-state index in [4.69, 9.17) is 15.2 Å². The summed E-state index contributed by atoms with van der Waals surface area (Å²) in [6.07, 6.45) is 1.29. The number of nitrogens with zero attached hydrogens (tertiary/aromatic N) is 4. The molecule has 2 saturated heterocycles. The third-order valence-corrected chi connectivity index (χ3v) is 6.95. The van der Waals surface area contributed by atoms with Crippen molar-refractivity contribution in [2.75, 3.05) is 43.4 Å². The van der Waals surface area contributed by atoms with Crippen molar-refractivity contribution in [1.82, 2.24) is 15.1 Å². The lowest BCUT2D eigenvalue weighted by atomic mass is 9.89. The van der Waals surface area contributed by atoms with E-state index in [1.165, 1.54) is 0 Å². The summed E-state index contributed by atoms with van der Waals surface area (Å²) in [6.45, 7) is 5.44. The molecule has 3 heterocycles. The van der Waals surface area contributed by atoms with Gasteiger partial charge in [-0.25, -0.2) is 4.79 Å². The van der Waals surface area contributed by atoms with Gasteiger partial charge in [0.25, 0.3) is 0 Å². The van der Waals surface area contributed by atoms with Crippen LogP contribution >= 0.6 is 0 Å². The van der Waals surface area contributed by atoms with Crippen LogP contribution in [0.4, 0.5) is 16.3 Å². The van der Waals surface area contributed by atoms with Crippen LogP contribution in [0.3, 0.4) is 0 Å². The number of morpholine rings is 1. The average Bonchev–Trinajstić information content (AvgIpc) is 2.89. The predicted molar refractivity (Wildman–Crippen MR) is 135 cm³/mol. The van der Waals surface area contributed by atoms with Gasteiger partial charge in [0.2, 0.25) is 0 Å². The molecule has 2 aliphatic heterocycles. The molecule has 2 N–H and O–H groups in total. The molecule has 8 nitrogen and oxygen atoms in total. The van der Waals surface area contributed by atoms with Crippen LogP contribution in [0.25, 0.3) is 11.3 Å². The molecule has 1 amide bonds. The van der Waals surface area contributed by atoms with E-state index in [1.54, 1.807) is 4.90 Å². The number of carbonyl (C=O) groups is 1. The summed E-state index contributed by atoms with van der Waals surface area (Å²) in [7, 11) is 0. The Morgan fingerprint density at radius 2 is 1.80 bits per heavy atom. The molecule has 5 rings (SSSR count). The van der Waals surface area contributed by atoms with Gasteiger partial charge >= 0.3 is 6.09 Å². The number of piperidine rings is 1. The highest BCUT2D eigenvalue weighted by molar-refractivity contribution is 5.72. The van der Waals surface area contributed by atoms with Crippen molar-refractivity contribution in [2.24, 2.45) is 0 Å². The molecule has 2 fully saturated rings. The number of ether oxygens (including phenoxy) is 2. The fraction of sp³-hybridized carbons (Fsp3) is 0.370. The van der Waals surface area contributed by atoms with E-state index in [1.807, 2.05) is 54.6 Å². The smallest absolute Gasteiger partial charge is 0.410 e. The number of carbonyl (C=O) groups excluding carboxylic acids is 1. The third-order valence-electron chi connectivity index (χ3n) is 6.95. The zero-order chi connectivity index (χ0) is 24.3. The SMILES string of the molecule is Cc1ccccc1-c1cc(N2CCC3(CC2)CN(C(=O)OCc2ccccc2)CCO3)c(N)nn1. The van der Waals surface area contributed by atoms with Crippen molar-refractivity contribution in [1.29, 1.82) is 0 Å². The fourth-order valence-electron chi connectivity index (χ4n) is 4.91. The monoisotopic (exact) mass is 473 g/mol. The van der Waals surface area contributed by atoms with Crippen LogP contribution in [-0.4, -0.2) is 59.6 Å². The fourth-order valence-corrected chi connectivity index (χ4v) is 4.91. The largest absolute Gasteiger partial charge is 0.445 e. The topological polar surface area (TPSA) is 93.8 Å². The minimum Gasteiger partial charge on any atom is -0.445 e. The molecular formula is C27H31N5O3. The summed E-state index contributed by atoms with van der Waals surface area (Å²) < 4.78 is 11.8. The Kier molecular flexibility index (Phi) is 6.55. The Labute approximate surface area is 205 Å². The molecule has 0 unspecified atom stereocenters. The number of rotatable bonds is 4. The van der Waals surface area contributed by atoms with Gasteiger partial charge in [-0.1, -0.05) is 54.6 Å². The quantitative estimate of drug-likeness (QED) is 0.611. The summed E-state index contributed by atoms with van der Waals surface area (Å²) in [5.74, 6) is 0.425. The summed E-state index contributed by atoms with van der Waals surface area (Å²) in [5.41, 5.74) is 10.7. The van der Waals surface area contributed by atoms with Crippen molar-refractivity contribution in [3.8, 4) is 11.3 Å². The van der Waals surface area contributed by atoms with E-state index in [0.29, 0.717) is 25.5 Å². The number of aryl methyl sites for hydroxylation is 1. The molecule has 1 spiro atoms. The lowest BCUT2D eigenvalue weighted by Gasteiger charge is -2.47. The van der Waals surface area contributed by atoms with Gasteiger partial charge in [-0.3, -0.25) is 0 Å². The minimum absolute atomic E-state index is 0.273. The molecule has 0 radical (unpaired) electrons. The molecular weight excluding hydrogens is 442 g/mol.